The van der Waals surface area contributed by atoms with E-state index in [0.717, 1.165) is 0 Å². The molecule has 2 rings (SSSR count). The summed E-state index contributed by atoms with van der Waals surface area (Å²) in [6.45, 7) is -0.758. The van der Waals surface area contributed by atoms with E-state index >= 15 is 0 Å². The van der Waals surface area contributed by atoms with Crippen LogP contribution in [0.4, 0.5) is 9.59 Å². The quantitative estimate of drug-likeness (QED) is 0.279. The Morgan fingerprint density at radius 2 is 1.85 bits per heavy atom. The fraction of sp³-hybridized carbons (Fsp3) is 0.308. The van der Waals surface area contributed by atoms with Crippen LogP contribution in [0.1, 0.15) is 5.56 Å². The van der Waals surface area contributed by atoms with Crippen molar-refractivity contribution in [2.24, 2.45) is 5.73 Å². The molecule has 3 amide bonds. The van der Waals surface area contributed by atoms with E-state index in [-0.39, 0.29) is 40.5 Å². The molecule has 1 fully saturated rings. The Kier molecular flexibility index (Phi) is 7.84. The van der Waals surface area contributed by atoms with Gasteiger partial charge < -0.3 is 25.1 Å². The molecule has 0 aliphatic carbocycles. The van der Waals surface area contributed by atoms with Gasteiger partial charge in [-0.05, 0) is 5.56 Å². The Bertz CT molecular complexity index is 773. The zero-order chi connectivity index (χ0) is 18.6. The van der Waals surface area contributed by atoms with Crippen LogP contribution in [0.2, 0.25) is 0 Å². The number of carbonyl (C=O) groups excluding carboxylic acids is 3. The van der Waals surface area contributed by atoms with Gasteiger partial charge in [-0.25, -0.2) is 22.3 Å². The molecule has 1 saturated heterocycles. The van der Waals surface area contributed by atoms with Crippen molar-refractivity contribution in [1.29, 1.82) is 0 Å². The first-order valence-corrected chi connectivity index (χ1v) is 8.25. The average molecular weight is 395 g/mol. The number of β-lactam (4-membered cyclic amide) rings is 1. The molecular formula is C13H14N3NaO8S. The number of rotatable bonds is 6. The largest absolute Gasteiger partial charge is 1.00 e. The normalized spacial score (nSPS) is 19.0. The van der Waals surface area contributed by atoms with Crippen LogP contribution in [-0.2, 0) is 31.2 Å². The summed E-state index contributed by atoms with van der Waals surface area (Å²) in [5, 5.41) is 2.12. The molecule has 3 N–H and O–H groups in total. The Balaban J connectivity index is 0.00000338. The maximum absolute atomic E-state index is 11.8. The second-order valence-corrected chi connectivity index (χ2v) is 6.22. The van der Waals surface area contributed by atoms with Crippen LogP contribution in [0, 0.1) is 0 Å². The molecule has 0 spiro atoms. The molecule has 26 heavy (non-hydrogen) atoms. The van der Waals surface area contributed by atoms with Crippen molar-refractivity contribution in [3.8, 4) is 0 Å². The third kappa shape index (κ3) is 5.57. The molecule has 0 unspecified atom stereocenters. The second-order valence-electron chi connectivity index (χ2n) is 4.97. The molecule has 136 valence electrons. The summed E-state index contributed by atoms with van der Waals surface area (Å²) in [5.41, 5.74) is 5.45. The Morgan fingerprint density at radius 1 is 1.23 bits per heavy atom. The number of hydrogen-bond acceptors (Lipinski definition) is 8. The van der Waals surface area contributed by atoms with Crippen molar-refractivity contribution in [3.05, 3.63) is 35.9 Å². The number of alkyl carbamates (subject to hydrolysis) is 1. The van der Waals surface area contributed by atoms with Crippen molar-refractivity contribution in [1.82, 2.24) is 9.62 Å². The number of amides is 3. The zero-order valence-corrected chi connectivity index (χ0v) is 16.5. The van der Waals surface area contributed by atoms with Gasteiger partial charge in [-0.15, -0.1) is 0 Å². The molecule has 0 radical (unpaired) electrons. The second kappa shape index (κ2) is 9.19. The summed E-state index contributed by atoms with van der Waals surface area (Å²) in [6, 6.07) is 5.87. The van der Waals surface area contributed by atoms with Crippen LogP contribution >= 0.6 is 0 Å². The van der Waals surface area contributed by atoms with Gasteiger partial charge in [0.15, 0.2) is 10.3 Å². The number of nitrogens with zero attached hydrogens (tertiary/aromatic N) is 1. The average Bonchev–Trinajstić information content (AvgIpc) is 2.53. The van der Waals surface area contributed by atoms with E-state index in [9.17, 15) is 27.4 Å². The number of carbonyl (C=O) groups is 3. The van der Waals surface area contributed by atoms with Crippen molar-refractivity contribution >= 4 is 28.4 Å². The minimum Gasteiger partial charge on any atom is -0.731 e. The minimum absolute atomic E-state index is 0. The third-order valence-electron chi connectivity index (χ3n) is 3.29. The van der Waals surface area contributed by atoms with Gasteiger partial charge in [-0.1, -0.05) is 30.3 Å². The van der Waals surface area contributed by atoms with E-state index in [0.29, 0.717) is 5.56 Å². The topological polar surface area (TPSA) is 168 Å². The van der Waals surface area contributed by atoms with Crippen molar-refractivity contribution < 1.29 is 66.4 Å². The fourth-order valence-corrected chi connectivity index (χ4v) is 3.02. The van der Waals surface area contributed by atoms with Crippen LogP contribution in [0.25, 0.3) is 0 Å². The van der Waals surface area contributed by atoms with Crippen molar-refractivity contribution in [2.45, 2.75) is 18.7 Å². The van der Waals surface area contributed by atoms with Crippen LogP contribution in [0.3, 0.4) is 0 Å². The molecule has 11 nitrogen and oxygen atoms in total. The van der Waals surface area contributed by atoms with Crippen molar-refractivity contribution in [2.75, 3.05) is 6.61 Å². The number of benzene rings is 1. The van der Waals surface area contributed by atoms with E-state index in [1.165, 1.54) is 0 Å². The van der Waals surface area contributed by atoms with Gasteiger partial charge in [0, 0.05) is 0 Å². The molecule has 1 heterocycles. The molecular weight excluding hydrogens is 381 g/mol. The minimum atomic E-state index is -5.13. The predicted molar refractivity (Wildman–Crippen MR) is 79.4 cm³/mol. The first kappa shape index (κ1) is 22.2. The first-order valence-electron chi connectivity index (χ1n) is 6.88. The van der Waals surface area contributed by atoms with Gasteiger partial charge >= 0.3 is 41.7 Å². The molecule has 13 heteroatoms. The summed E-state index contributed by atoms with van der Waals surface area (Å²) in [4.78, 5) is 34.1. The van der Waals surface area contributed by atoms with E-state index in [1.54, 1.807) is 30.3 Å². The van der Waals surface area contributed by atoms with E-state index in [2.05, 4.69) is 10.1 Å². The monoisotopic (exact) mass is 395 g/mol. The van der Waals surface area contributed by atoms with E-state index in [4.69, 9.17) is 10.5 Å². The number of primary amides is 1. The van der Waals surface area contributed by atoms with Crippen LogP contribution in [-0.4, -0.2) is 54.1 Å². The van der Waals surface area contributed by atoms with Gasteiger partial charge in [-0.3, -0.25) is 4.79 Å². The molecule has 1 aromatic rings. The van der Waals surface area contributed by atoms with Gasteiger partial charge in [0.1, 0.15) is 25.3 Å². The molecule has 1 aliphatic heterocycles. The van der Waals surface area contributed by atoms with Crippen LogP contribution in [0.5, 0.6) is 0 Å². The van der Waals surface area contributed by atoms with E-state index < -0.39 is 47.1 Å². The number of nitrogens with two attached hydrogens (primary N) is 1. The van der Waals surface area contributed by atoms with Gasteiger partial charge in [0.2, 0.25) is 0 Å². The first-order chi connectivity index (χ1) is 11.7. The zero-order valence-electron chi connectivity index (χ0n) is 13.7. The summed E-state index contributed by atoms with van der Waals surface area (Å²) in [7, 11) is -5.13. The standard InChI is InChI=1S/C13H15N3O8S.Na/c14-12(18)23-7-9-10(11(17)16(9)25(20,21)22)15-13(19)24-6-8-4-2-1-3-5-8;/h1-5,9-10H,6-7H2,(H2,14,18)(H,15,19)(H,20,21,22);/q;+1/p-1/t9-,10+;/m1./s1. The SMILES string of the molecule is NC(=O)OC[C@@H]1[C@H](NC(=O)OCc2ccccc2)C(=O)N1S(=O)(=O)[O-].[Na+]. The Labute approximate surface area is 171 Å². The third-order valence-corrected chi connectivity index (χ3v) is 4.23. The molecule has 2 atom stereocenters. The summed E-state index contributed by atoms with van der Waals surface area (Å²) < 4.78 is 42.4. The van der Waals surface area contributed by atoms with Crippen LogP contribution in [0.15, 0.2) is 30.3 Å². The number of ether oxygens (including phenoxy) is 2. The molecule has 1 aromatic carbocycles. The molecule has 0 aromatic heterocycles. The van der Waals surface area contributed by atoms with Crippen LogP contribution < -0.4 is 40.6 Å². The maximum atomic E-state index is 11.8. The molecule has 0 saturated carbocycles. The predicted octanol–water partition coefficient (Wildman–Crippen LogP) is -3.95. The summed E-state index contributed by atoms with van der Waals surface area (Å²) in [6.07, 6.45) is -2.23. The maximum Gasteiger partial charge on any atom is 1.00 e. The smallest absolute Gasteiger partial charge is 0.731 e. The van der Waals surface area contributed by atoms with Gasteiger partial charge in [-0.2, -0.15) is 0 Å². The summed E-state index contributed by atoms with van der Waals surface area (Å²) >= 11 is 0. The summed E-state index contributed by atoms with van der Waals surface area (Å²) in [5.74, 6) is -1.16. The molecule has 0 bridgehead atoms. The fourth-order valence-electron chi connectivity index (χ4n) is 2.18. The number of nitrogens with one attached hydrogen (secondary N) is 1. The Morgan fingerprint density at radius 3 is 2.38 bits per heavy atom. The van der Waals surface area contributed by atoms with Gasteiger partial charge in [0.05, 0.1) is 0 Å². The molecule has 1 aliphatic rings. The van der Waals surface area contributed by atoms with Gasteiger partial charge in [0.25, 0.3) is 5.91 Å². The van der Waals surface area contributed by atoms with E-state index in [1.807, 2.05) is 0 Å². The number of hydrogen-bond donors (Lipinski definition) is 2. The Hall–Kier alpha value is -1.86. The van der Waals surface area contributed by atoms with Crippen molar-refractivity contribution in [3.63, 3.8) is 0 Å².